The van der Waals surface area contributed by atoms with E-state index in [2.05, 4.69) is 9.97 Å². The number of hydrogen-bond donors (Lipinski definition) is 1. The van der Waals surface area contributed by atoms with E-state index < -0.39 is 0 Å². The number of halogens is 1. The van der Waals surface area contributed by atoms with E-state index in [1.54, 1.807) is 0 Å². The van der Waals surface area contributed by atoms with Crippen LogP contribution in [0.1, 0.15) is 11.1 Å². The highest BCUT2D eigenvalue weighted by Gasteiger charge is 2.10. The molecule has 96 valence electrons. The second-order valence-electron chi connectivity index (χ2n) is 4.54. The van der Waals surface area contributed by atoms with Crippen molar-refractivity contribution in [1.82, 2.24) is 14.5 Å². The van der Waals surface area contributed by atoms with Gasteiger partial charge in [0.15, 0.2) is 5.65 Å². The van der Waals surface area contributed by atoms with Gasteiger partial charge < -0.3 is 5.73 Å². The van der Waals surface area contributed by atoms with Crippen LogP contribution in [0, 0.1) is 6.92 Å². The predicted molar refractivity (Wildman–Crippen MR) is 77.2 cm³/mol. The Morgan fingerprint density at radius 2 is 2.16 bits per heavy atom. The number of aromatic nitrogens is 3. The van der Waals surface area contributed by atoms with Crippen molar-refractivity contribution in [3.8, 4) is 0 Å². The molecule has 1 aromatic carbocycles. The van der Waals surface area contributed by atoms with Crippen molar-refractivity contribution >= 4 is 28.7 Å². The molecule has 0 amide bonds. The monoisotopic (exact) mass is 272 g/mol. The summed E-state index contributed by atoms with van der Waals surface area (Å²) in [6, 6.07) is 9.67. The van der Waals surface area contributed by atoms with Gasteiger partial charge in [0.1, 0.15) is 5.52 Å². The van der Waals surface area contributed by atoms with Crippen LogP contribution in [0.15, 0.2) is 36.5 Å². The fraction of sp³-hybridized carbons (Fsp3) is 0.143. The summed E-state index contributed by atoms with van der Waals surface area (Å²) in [5.41, 5.74) is 9.72. The molecule has 0 atom stereocenters. The lowest BCUT2D eigenvalue weighted by atomic mass is 10.2. The van der Waals surface area contributed by atoms with E-state index >= 15 is 0 Å². The number of anilines is 1. The number of aryl methyl sites for hydroxylation is 1. The van der Waals surface area contributed by atoms with Gasteiger partial charge in [-0.05, 0) is 36.2 Å². The van der Waals surface area contributed by atoms with Gasteiger partial charge in [0.25, 0.3) is 0 Å². The smallest absolute Gasteiger partial charge is 0.202 e. The third kappa shape index (κ3) is 2.27. The van der Waals surface area contributed by atoms with E-state index in [1.807, 2.05) is 48.0 Å². The first kappa shape index (κ1) is 12.0. The molecule has 0 aliphatic carbocycles. The van der Waals surface area contributed by atoms with Crippen molar-refractivity contribution in [2.75, 3.05) is 5.73 Å². The van der Waals surface area contributed by atoms with Crippen LogP contribution < -0.4 is 5.73 Å². The lowest BCUT2D eigenvalue weighted by molar-refractivity contribution is 0.827. The molecule has 2 aromatic heterocycles. The van der Waals surface area contributed by atoms with Gasteiger partial charge in [0, 0.05) is 11.2 Å². The van der Waals surface area contributed by atoms with Gasteiger partial charge in [0.05, 0.1) is 6.54 Å². The number of imidazole rings is 1. The van der Waals surface area contributed by atoms with Crippen molar-refractivity contribution in [1.29, 1.82) is 0 Å². The Kier molecular flexibility index (Phi) is 2.87. The second-order valence-corrected chi connectivity index (χ2v) is 4.98. The molecular weight excluding hydrogens is 260 g/mol. The molecule has 0 bridgehead atoms. The molecule has 0 spiro atoms. The van der Waals surface area contributed by atoms with Crippen LogP contribution in [0.4, 0.5) is 5.95 Å². The van der Waals surface area contributed by atoms with Gasteiger partial charge in [0.2, 0.25) is 5.95 Å². The summed E-state index contributed by atoms with van der Waals surface area (Å²) >= 11 is 5.99. The van der Waals surface area contributed by atoms with E-state index in [0.717, 1.165) is 22.3 Å². The summed E-state index contributed by atoms with van der Waals surface area (Å²) < 4.78 is 1.89. The zero-order valence-electron chi connectivity index (χ0n) is 10.5. The summed E-state index contributed by atoms with van der Waals surface area (Å²) in [5, 5.41) is 0.712. The molecule has 3 rings (SSSR count). The molecule has 0 aliphatic rings. The molecule has 4 nitrogen and oxygen atoms in total. The average molecular weight is 273 g/mol. The fourth-order valence-corrected chi connectivity index (χ4v) is 2.32. The maximum atomic E-state index is 5.99. The highest BCUT2D eigenvalue weighted by Crippen LogP contribution is 2.19. The van der Waals surface area contributed by atoms with Crippen molar-refractivity contribution in [2.24, 2.45) is 0 Å². The van der Waals surface area contributed by atoms with E-state index in [4.69, 9.17) is 17.3 Å². The molecule has 0 aliphatic heterocycles. The molecule has 0 unspecified atom stereocenters. The molecule has 2 heterocycles. The SMILES string of the molecule is Cc1cnc2c(c1)nc(N)n2Cc1cccc(Cl)c1. The summed E-state index contributed by atoms with van der Waals surface area (Å²) in [7, 11) is 0. The molecule has 0 radical (unpaired) electrons. The predicted octanol–water partition coefficient (Wildman–Crippen LogP) is 3.02. The Morgan fingerprint density at radius 1 is 1.32 bits per heavy atom. The molecular formula is C14H13ClN4. The lowest BCUT2D eigenvalue weighted by Crippen LogP contribution is -2.05. The van der Waals surface area contributed by atoms with Crippen LogP contribution in [-0.2, 0) is 6.54 Å². The third-order valence-electron chi connectivity index (χ3n) is 2.98. The van der Waals surface area contributed by atoms with Crippen LogP contribution in [0.25, 0.3) is 11.2 Å². The normalized spacial score (nSPS) is 11.1. The minimum absolute atomic E-state index is 0.466. The lowest BCUT2D eigenvalue weighted by Gasteiger charge is -2.06. The van der Waals surface area contributed by atoms with Crippen molar-refractivity contribution in [3.63, 3.8) is 0 Å². The quantitative estimate of drug-likeness (QED) is 0.780. The molecule has 19 heavy (non-hydrogen) atoms. The van der Waals surface area contributed by atoms with Crippen LogP contribution in [0.2, 0.25) is 5.02 Å². The minimum Gasteiger partial charge on any atom is -0.369 e. The first-order chi connectivity index (χ1) is 9.13. The van der Waals surface area contributed by atoms with Crippen LogP contribution in [0.5, 0.6) is 0 Å². The summed E-state index contributed by atoms with van der Waals surface area (Å²) in [6.45, 7) is 2.59. The summed E-state index contributed by atoms with van der Waals surface area (Å²) in [5.74, 6) is 0.466. The van der Waals surface area contributed by atoms with E-state index in [-0.39, 0.29) is 0 Å². The highest BCUT2D eigenvalue weighted by molar-refractivity contribution is 6.30. The Hall–Kier alpha value is -2.07. The van der Waals surface area contributed by atoms with Gasteiger partial charge in [-0.15, -0.1) is 0 Å². The van der Waals surface area contributed by atoms with Crippen molar-refractivity contribution in [3.05, 3.63) is 52.7 Å². The molecule has 0 fully saturated rings. The fourth-order valence-electron chi connectivity index (χ4n) is 2.10. The third-order valence-corrected chi connectivity index (χ3v) is 3.22. The van der Waals surface area contributed by atoms with Crippen LogP contribution in [-0.4, -0.2) is 14.5 Å². The van der Waals surface area contributed by atoms with E-state index in [0.29, 0.717) is 17.5 Å². The first-order valence-corrected chi connectivity index (χ1v) is 6.34. The maximum absolute atomic E-state index is 5.99. The molecule has 5 heteroatoms. The number of hydrogen-bond acceptors (Lipinski definition) is 3. The van der Waals surface area contributed by atoms with Crippen LogP contribution >= 0.6 is 11.6 Å². The molecule has 0 saturated carbocycles. The number of rotatable bonds is 2. The molecule has 2 N–H and O–H groups in total. The van der Waals surface area contributed by atoms with Crippen LogP contribution in [0.3, 0.4) is 0 Å². The first-order valence-electron chi connectivity index (χ1n) is 5.96. The summed E-state index contributed by atoms with van der Waals surface area (Å²) in [6.07, 6.45) is 1.82. The van der Waals surface area contributed by atoms with Gasteiger partial charge in [-0.2, -0.15) is 0 Å². The zero-order valence-corrected chi connectivity index (χ0v) is 11.2. The van der Waals surface area contributed by atoms with Crippen molar-refractivity contribution < 1.29 is 0 Å². The van der Waals surface area contributed by atoms with Gasteiger partial charge in [-0.1, -0.05) is 23.7 Å². The van der Waals surface area contributed by atoms with Gasteiger partial charge in [-0.25, -0.2) is 9.97 Å². The number of nitrogens with two attached hydrogens (primary N) is 1. The topological polar surface area (TPSA) is 56.7 Å². The van der Waals surface area contributed by atoms with E-state index in [9.17, 15) is 0 Å². The molecule has 3 aromatic rings. The van der Waals surface area contributed by atoms with E-state index in [1.165, 1.54) is 0 Å². The highest BCUT2D eigenvalue weighted by atomic mass is 35.5. The zero-order chi connectivity index (χ0) is 13.4. The minimum atomic E-state index is 0.466. The summed E-state index contributed by atoms with van der Waals surface area (Å²) in [4.78, 5) is 8.75. The maximum Gasteiger partial charge on any atom is 0.202 e. The van der Waals surface area contributed by atoms with Gasteiger partial charge in [-0.3, -0.25) is 4.57 Å². The Bertz CT molecular complexity index is 748. The number of nitrogens with zero attached hydrogens (tertiary/aromatic N) is 3. The average Bonchev–Trinajstić information content (AvgIpc) is 2.65. The second kappa shape index (κ2) is 4.55. The number of nitrogen functional groups attached to an aromatic ring is 1. The number of benzene rings is 1. The van der Waals surface area contributed by atoms with Gasteiger partial charge >= 0.3 is 0 Å². The standard InChI is InChI=1S/C14H13ClN4/c1-9-5-12-13(17-7-9)19(14(16)18-12)8-10-3-2-4-11(15)6-10/h2-7H,8H2,1H3,(H2,16,18). The Labute approximate surface area is 115 Å². The Balaban J connectivity index is 2.07. The number of fused-ring (bicyclic) bond motifs is 1. The van der Waals surface area contributed by atoms with Crippen molar-refractivity contribution in [2.45, 2.75) is 13.5 Å². The largest absolute Gasteiger partial charge is 0.369 e. The molecule has 0 saturated heterocycles. The number of pyridine rings is 1. The Morgan fingerprint density at radius 3 is 2.95 bits per heavy atom.